The third kappa shape index (κ3) is 3.82. The monoisotopic (exact) mass is 328 g/mol. The standard InChI is InChI=1S/C18H28N6/c1-4-22-10-12-23(13-11-22)17(15(2)3)18-19-20-21-24(18)14-16-8-6-5-7-9-16/h5-9,15,17H,4,10-14H2,1-3H3/t17-/m0/s1. The lowest BCUT2D eigenvalue weighted by atomic mass is 10.0. The second-order valence-electron chi connectivity index (χ2n) is 6.84. The number of rotatable bonds is 6. The molecule has 0 amide bonds. The summed E-state index contributed by atoms with van der Waals surface area (Å²) in [4.78, 5) is 5.05. The summed E-state index contributed by atoms with van der Waals surface area (Å²) in [5, 5.41) is 12.6. The van der Waals surface area contributed by atoms with Crippen molar-refractivity contribution in [1.29, 1.82) is 0 Å². The predicted molar refractivity (Wildman–Crippen MR) is 94.6 cm³/mol. The van der Waals surface area contributed by atoms with E-state index in [1.54, 1.807) is 0 Å². The fourth-order valence-electron chi connectivity index (χ4n) is 3.53. The van der Waals surface area contributed by atoms with E-state index in [0.717, 1.165) is 45.1 Å². The number of benzene rings is 1. The van der Waals surface area contributed by atoms with Gasteiger partial charge in [-0.15, -0.1) is 5.10 Å². The van der Waals surface area contributed by atoms with Crippen molar-refractivity contribution < 1.29 is 0 Å². The van der Waals surface area contributed by atoms with E-state index in [4.69, 9.17) is 0 Å². The van der Waals surface area contributed by atoms with Crippen LogP contribution in [0, 0.1) is 5.92 Å². The molecule has 0 bridgehead atoms. The van der Waals surface area contributed by atoms with Crippen molar-refractivity contribution in [3.8, 4) is 0 Å². The molecule has 0 aliphatic carbocycles. The van der Waals surface area contributed by atoms with Gasteiger partial charge in [-0.3, -0.25) is 4.90 Å². The minimum Gasteiger partial charge on any atom is -0.301 e. The molecule has 0 radical (unpaired) electrons. The third-order valence-electron chi connectivity index (χ3n) is 4.88. The maximum atomic E-state index is 4.39. The van der Waals surface area contributed by atoms with Crippen molar-refractivity contribution in [2.75, 3.05) is 32.7 Å². The molecule has 0 unspecified atom stereocenters. The number of hydrogen-bond donors (Lipinski definition) is 0. The molecule has 1 fully saturated rings. The van der Waals surface area contributed by atoms with Crippen LogP contribution in [0.25, 0.3) is 0 Å². The molecule has 1 aliphatic rings. The minimum absolute atomic E-state index is 0.266. The van der Waals surface area contributed by atoms with Crippen LogP contribution >= 0.6 is 0 Å². The quantitative estimate of drug-likeness (QED) is 0.812. The predicted octanol–water partition coefficient (Wildman–Crippen LogP) is 2.06. The molecule has 1 aliphatic heterocycles. The van der Waals surface area contributed by atoms with E-state index < -0.39 is 0 Å². The second-order valence-corrected chi connectivity index (χ2v) is 6.84. The van der Waals surface area contributed by atoms with Crippen LogP contribution in [0.3, 0.4) is 0 Å². The van der Waals surface area contributed by atoms with E-state index in [1.165, 1.54) is 5.56 Å². The lowest BCUT2D eigenvalue weighted by Crippen LogP contribution is -2.48. The molecule has 24 heavy (non-hydrogen) atoms. The maximum Gasteiger partial charge on any atom is 0.169 e. The molecule has 2 aromatic rings. The van der Waals surface area contributed by atoms with Crippen molar-refractivity contribution in [3.05, 3.63) is 41.7 Å². The van der Waals surface area contributed by atoms with E-state index >= 15 is 0 Å². The Labute approximate surface area is 144 Å². The summed E-state index contributed by atoms with van der Waals surface area (Å²) < 4.78 is 1.96. The van der Waals surface area contributed by atoms with Gasteiger partial charge in [0.1, 0.15) is 0 Å². The molecule has 6 heteroatoms. The van der Waals surface area contributed by atoms with Gasteiger partial charge >= 0.3 is 0 Å². The molecule has 0 saturated carbocycles. The van der Waals surface area contributed by atoms with Gasteiger partial charge in [0.15, 0.2) is 5.82 Å². The molecule has 3 rings (SSSR count). The molecule has 1 saturated heterocycles. The Morgan fingerprint density at radius 1 is 1.04 bits per heavy atom. The Bertz CT molecular complexity index is 615. The summed E-state index contributed by atoms with van der Waals surface area (Å²) in [6.07, 6.45) is 0. The van der Waals surface area contributed by atoms with E-state index in [-0.39, 0.29) is 6.04 Å². The molecule has 6 nitrogen and oxygen atoms in total. The topological polar surface area (TPSA) is 50.1 Å². The van der Waals surface area contributed by atoms with Crippen LogP contribution < -0.4 is 0 Å². The van der Waals surface area contributed by atoms with Crippen LogP contribution in [0.5, 0.6) is 0 Å². The van der Waals surface area contributed by atoms with Gasteiger partial charge < -0.3 is 4.90 Å². The third-order valence-corrected chi connectivity index (χ3v) is 4.88. The Balaban J connectivity index is 1.79. The Morgan fingerprint density at radius 2 is 1.75 bits per heavy atom. The van der Waals surface area contributed by atoms with Crippen LogP contribution in [-0.4, -0.2) is 62.7 Å². The minimum atomic E-state index is 0.266. The highest BCUT2D eigenvalue weighted by Gasteiger charge is 2.31. The first-order chi connectivity index (χ1) is 11.7. The summed E-state index contributed by atoms with van der Waals surface area (Å²) in [5.74, 6) is 1.46. The molecule has 2 heterocycles. The van der Waals surface area contributed by atoms with Gasteiger partial charge in [0.2, 0.25) is 0 Å². The summed E-state index contributed by atoms with van der Waals surface area (Å²) in [5.41, 5.74) is 1.23. The molecule has 0 spiro atoms. The van der Waals surface area contributed by atoms with Crippen LogP contribution in [0.4, 0.5) is 0 Å². The fourth-order valence-corrected chi connectivity index (χ4v) is 3.53. The fraction of sp³-hybridized carbons (Fsp3) is 0.611. The molecule has 0 N–H and O–H groups in total. The first-order valence-corrected chi connectivity index (χ1v) is 8.95. The lowest BCUT2D eigenvalue weighted by molar-refractivity contribution is 0.0722. The van der Waals surface area contributed by atoms with Crippen molar-refractivity contribution in [3.63, 3.8) is 0 Å². The van der Waals surface area contributed by atoms with Crippen molar-refractivity contribution in [2.45, 2.75) is 33.4 Å². The average molecular weight is 328 g/mol. The zero-order chi connectivity index (χ0) is 16.9. The normalized spacial score (nSPS) is 18.2. The summed E-state index contributed by atoms with van der Waals surface area (Å²) in [6.45, 7) is 13.0. The van der Waals surface area contributed by atoms with Gasteiger partial charge in [-0.2, -0.15) is 0 Å². The Morgan fingerprint density at radius 3 is 2.38 bits per heavy atom. The summed E-state index contributed by atoms with van der Waals surface area (Å²) in [6, 6.07) is 10.7. The van der Waals surface area contributed by atoms with Gasteiger partial charge in [-0.1, -0.05) is 51.1 Å². The molecular formula is C18H28N6. The van der Waals surface area contributed by atoms with E-state index in [9.17, 15) is 0 Å². The van der Waals surface area contributed by atoms with Gasteiger partial charge in [0.25, 0.3) is 0 Å². The largest absolute Gasteiger partial charge is 0.301 e. The molecule has 1 aromatic carbocycles. The number of tetrazole rings is 1. The molecule has 1 aromatic heterocycles. The molecular weight excluding hydrogens is 300 g/mol. The van der Waals surface area contributed by atoms with Crippen molar-refractivity contribution in [2.24, 2.45) is 5.92 Å². The summed E-state index contributed by atoms with van der Waals surface area (Å²) in [7, 11) is 0. The van der Waals surface area contributed by atoms with Crippen molar-refractivity contribution >= 4 is 0 Å². The zero-order valence-electron chi connectivity index (χ0n) is 15.0. The number of piperazine rings is 1. The smallest absolute Gasteiger partial charge is 0.169 e. The van der Waals surface area contributed by atoms with Gasteiger partial charge in [-0.05, 0) is 28.5 Å². The maximum absolute atomic E-state index is 4.39. The SMILES string of the molecule is CCN1CCN([C@H](c2nnnn2Cc2ccccc2)C(C)C)CC1. The van der Waals surface area contributed by atoms with Crippen molar-refractivity contribution in [1.82, 2.24) is 30.0 Å². The highest BCUT2D eigenvalue weighted by Crippen LogP contribution is 2.28. The van der Waals surface area contributed by atoms with Gasteiger partial charge in [0, 0.05) is 26.2 Å². The number of hydrogen-bond acceptors (Lipinski definition) is 5. The Kier molecular flexibility index (Phi) is 5.58. The summed E-state index contributed by atoms with van der Waals surface area (Å²) >= 11 is 0. The van der Waals surface area contributed by atoms with Crippen LogP contribution in [0.15, 0.2) is 30.3 Å². The van der Waals surface area contributed by atoms with E-state index in [2.05, 4.69) is 70.4 Å². The van der Waals surface area contributed by atoms with Gasteiger partial charge in [0.05, 0.1) is 12.6 Å². The van der Waals surface area contributed by atoms with E-state index in [1.807, 2.05) is 10.7 Å². The highest BCUT2D eigenvalue weighted by atomic mass is 15.6. The van der Waals surface area contributed by atoms with Gasteiger partial charge in [-0.25, -0.2) is 4.68 Å². The van der Waals surface area contributed by atoms with E-state index in [0.29, 0.717) is 5.92 Å². The molecule has 1 atom stereocenters. The Hall–Kier alpha value is -1.79. The lowest BCUT2D eigenvalue weighted by Gasteiger charge is -2.39. The average Bonchev–Trinajstić information content (AvgIpc) is 3.04. The number of nitrogens with zero attached hydrogens (tertiary/aromatic N) is 6. The zero-order valence-corrected chi connectivity index (χ0v) is 15.0. The van der Waals surface area contributed by atoms with Crippen LogP contribution in [0.2, 0.25) is 0 Å². The highest BCUT2D eigenvalue weighted by molar-refractivity contribution is 5.15. The van der Waals surface area contributed by atoms with Crippen LogP contribution in [0.1, 0.15) is 38.2 Å². The van der Waals surface area contributed by atoms with Crippen LogP contribution in [-0.2, 0) is 6.54 Å². The number of likely N-dealkylation sites (N-methyl/N-ethyl adjacent to an activating group) is 1. The first-order valence-electron chi connectivity index (χ1n) is 8.95. The molecule has 130 valence electrons. The number of aromatic nitrogens is 4. The first kappa shape index (κ1) is 17.0. The second kappa shape index (κ2) is 7.85.